The van der Waals surface area contributed by atoms with Crippen LogP contribution < -0.4 is 10.5 Å². The second kappa shape index (κ2) is 7.22. The predicted octanol–water partition coefficient (Wildman–Crippen LogP) is 1.61. The Morgan fingerprint density at radius 3 is 2.62 bits per heavy atom. The van der Waals surface area contributed by atoms with E-state index in [4.69, 9.17) is 10.5 Å². The highest BCUT2D eigenvalue weighted by Crippen LogP contribution is 2.18. The zero-order chi connectivity index (χ0) is 15.2. The van der Waals surface area contributed by atoms with Crippen LogP contribution in [0.2, 0.25) is 0 Å². The molecule has 1 saturated heterocycles. The summed E-state index contributed by atoms with van der Waals surface area (Å²) in [5.41, 5.74) is 6.05. The number of carbonyl (C=O) groups is 2. The largest absolute Gasteiger partial charge is 0.494 e. The van der Waals surface area contributed by atoms with E-state index in [2.05, 4.69) is 0 Å². The number of hydrogen-bond donors (Lipinski definition) is 1. The third-order valence-electron chi connectivity index (χ3n) is 3.78. The van der Waals surface area contributed by atoms with Crippen molar-refractivity contribution in [3.05, 3.63) is 29.8 Å². The number of amides is 1. The molecule has 0 spiro atoms. The summed E-state index contributed by atoms with van der Waals surface area (Å²) in [5.74, 6) is 0.419. The summed E-state index contributed by atoms with van der Waals surface area (Å²) in [4.78, 5) is 25.7. The molecule has 0 radical (unpaired) electrons. The number of nitrogens with zero attached hydrogens (tertiary/aromatic N) is 1. The standard InChI is InChI=1S/C16H22N2O3/c1-2-21-13-8-6-12(7-9-13)15(19)11-18-10-4-3-5-14(18)16(17)20/h6-9,14H,2-5,10-11H2,1H3,(H2,17,20). The van der Waals surface area contributed by atoms with Crippen LogP contribution in [0.4, 0.5) is 0 Å². The number of benzene rings is 1. The molecule has 1 aromatic carbocycles. The fourth-order valence-electron chi connectivity index (χ4n) is 2.68. The average Bonchev–Trinajstić information content (AvgIpc) is 2.48. The maximum absolute atomic E-state index is 12.3. The molecular weight excluding hydrogens is 268 g/mol. The summed E-state index contributed by atoms with van der Waals surface area (Å²) < 4.78 is 5.36. The summed E-state index contributed by atoms with van der Waals surface area (Å²) in [6, 6.07) is 6.79. The van der Waals surface area contributed by atoms with Gasteiger partial charge in [-0.2, -0.15) is 0 Å². The van der Waals surface area contributed by atoms with Crippen LogP contribution in [-0.4, -0.2) is 42.3 Å². The molecular formula is C16H22N2O3. The fourth-order valence-corrected chi connectivity index (χ4v) is 2.68. The molecule has 1 heterocycles. The van der Waals surface area contributed by atoms with Gasteiger partial charge in [0.05, 0.1) is 19.2 Å². The Morgan fingerprint density at radius 2 is 2.00 bits per heavy atom. The molecule has 1 fully saturated rings. The van der Waals surface area contributed by atoms with Gasteiger partial charge in [-0.15, -0.1) is 0 Å². The Labute approximate surface area is 125 Å². The number of piperidine rings is 1. The van der Waals surface area contributed by atoms with Crippen molar-refractivity contribution in [2.75, 3.05) is 19.7 Å². The lowest BCUT2D eigenvalue weighted by Crippen LogP contribution is -2.49. The first-order valence-corrected chi connectivity index (χ1v) is 7.41. The van der Waals surface area contributed by atoms with Crippen LogP contribution in [0, 0.1) is 0 Å². The van der Waals surface area contributed by atoms with E-state index in [1.54, 1.807) is 24.3 Å². The van der Waals surface area contributed by atoms with Crippen LogP contribution in [0.15, 0.2) is 24.3 Å². The van der Waals surface area contributed by atoms with Crippen molar-refractivity contribution in [1.82, 2.24) is 4.90 Å². The topological polar surface area (TPSA) is 72.6 Å². The van der Waals surface area contributed by atoms with Gasteiger partial charge in [0.2, 0.25) is 5.91 Å². The van der Waals surface area contributed by atoms with Crippen LogP contribution in [0.3, 0.4) is 0 Å². The van der Waals surface area contributed by atoms with E-state index in [0.717, 1.165) is 31.6 Å². The summed E-state index contributed by atoms with van der Waals surface area (Å²) in [7, 11) is 0. The predicted molar refractivity (Wildman–Crippen MR) is 80.3 cm³/mol. The number of primary amides is 1. The number of hydrogen-bond acceptors (Lipinski definition) is 4. The first-order valence-electron chi connectivity index (χ1n) is 7.41. The van der Waals surface area contributed by atoms with Crippen molar-refractivity contribution in [2.45, 2.75) is 32.2 Å². The second-order valence-electron chi connectivity index (χ2n) is 5.26. The highest BCUT2D eigenvalue weighted by Gasteiger charge is 2.28. The third kappa shape index (κ3) is 4.04. The van der Waals surface area contributed by atoms with Gasteiger partial charge in [-0.25, -0.2) is 0 Å². The van der Waals surface area contributed by atoms with Crippen LogP contribution in [0.5, 0.6) is 5.75 Å². The maximum atomic E-state index is 12.3. The number of ether oxygens (including phenoxy) is 1. The summed E-state index contributed by atoms with van der Waals surface area (Å²) in [6.45, 7) is 3.50. The van der Waals surface area contributed by atoms with Crippen LogP contribution >= 0.6 is 0 Å². The van der Waals surface area contributed by atoms with Gasteiger partial charge in [0.15, 0.2) is 5.78 Å². The molecule has 21 heavy (non-hydrogen) atoms. The lowest BCUT2D eigenvalue weighted by atomic mass is 10.0. The molecule has 5 nitrogen and oxygen atoms in total. The Hall–Kier alpha value is -1.88. The second-order valence-corrected chi connectivity index (χ2v) is 5.26. The number of likely N-dealkylation sites (tertiary alicyclic amines) is 1. The normalized spacial score (nSPS) is 19.2. The molecule has 0 aliphatic carbocycles. The van der Waals surface area contributed by atoms with Crippen molar-refractivity contribution in [2.24, 2.45) is 5.73 Å². The van der Waals surface area contributed by atoms with Gasteiger partial charge in [-0.3, -0.25) is 14.5 Å². The van der Waals surface area contributed by atoms with E-state index in [1.165, 1.54) is 0 Å². The maximum Gasteiger partial charge on any atom is 0.234 e. The lowest BCUT2D eigenvalue weighted by molar-refractivity contribution is -0.124. The van der Waals surface area contributed by atoms with Crippen LogP contribution in [0.1, 0.15) is 36.5 Å². The van der Waals surface area contributed by atoms with Crippen LogP contribution in [0.25, 0.3) is 0 Å². The molecule has 1 unspecified atom stereocenters. The third-order valence-corrected chi connectivity index (χ3v) is 3.78. The lowest BCUT2D eigenvalue weighted by Gasteiger charge is -2.32. The number of rotatable bonds is 6. The summed E-state index contributed by atoms with van der Waals surface area (Å²) >= 11 is 0. The molecule has 1 aromatic rings. The summed E-state index contributed by atoms with van der Waals surface area (Å²) in [5, 5.41) is 0. The highest BCUT2D eigenvalue weighted by molar-refractivity contribution is 5.98. The van der Waals surface area contributed by atoms with Gasteiger partial charge >= 0.3 is 0 Å². The molecule has 2 rings (SSSR count). The molecule has 2 N–H and O–H groups in total. The number of carbonyl (C=O) groups excluding carboxylic acids is 2. The molecule has 1 atom stereocenters. The monoisotopic (exact) mass is 290 g/mol. The minimum atomic E-state index is -0.339. The van der Waals surface area contributed by atoms with Gasteiger partial charge in [-0.1, -0.05) is 6.42 Å². The van der Waals surface area contributed by atoms with Gasteiger partial charge in [0, 0.05) is 5.56 Å². The number of Topliss-reactive ketones (excluding diaryl/α,β-unsaturated/α-hetero) is 1. The zero-order valence-electron chi connectivity index (χ0n) is 12.4. The van der Waals surface area contributed by atoms with E-state index in [-0.39, 0.29) is 24.3 Å². The first kappa shape index (κ1) is 15.5. The Kier molecular flexibility index (Phi) is 5.33. The smallest absolute Gasteiger partial charge is 0.234 e. The quantitative estimate of drug-likeness (QED) is 0.808. The molecule has 1 aliphatic rings. The number of ketones is 1. The minimum Gasteiger partial charge on any atom is -0.494 e. The van der Waals surface area contributed by atoms with Crippen molar-refractivity contribution in [1.29, 1.82) is 0 Å². The van der Waals surface area contributed by atoms with Crippen molar-refractivity contribution in [3.8, 4) is 5.75 Å². The highest BCUT2D eigenvalue weighted by atomic mass is 16.5. The van der Waals surface area contributed by atoms with Gasteiger partial charge in [-0.05, 0) is 50.6 Å². The number of nitrogens with two attached hydrogens (primary N) is 1. The molecule has 0 bridgehead atoms. The molecule has 0 aromatic heterocycles. The van der Waals surface area contributed by atoms with E-state index in [0.29, 0.717) is 12.2 Å². The molecule has 1 aliphatic heterocycles. The summed E-state index contributed by atoms with van der Waals surface area (Å²) in [6.07, 6.45) is 2.73. The van der Waals surface area contributed by atoms with E-state index < -0.39 is 0 Å². The van der Waals surface area contributed by atoms with E-state index >= 15 is 0 Å². The van der Waals surface area contributed by atoms with Crippen molar-refractivity contribution >= 4 is 11.7 Å². The Balaban J connectivity index is 2.00. The molecule has 114 valence electrons. The van der Waals surface area contributed by atoms with E-state index in [9.17, 15) is 9.59 Å². The van der Waals surface area contributed by atoms with Crippen molar-refractivity contribution < 1.29 is 14.3 Å². The zero-order valence-corrected chi connectivity index (χ0v) is 12.4. The van der Waals surface area contributed by atoms with E-state index in [1.807, 2.05) is 11.8 Å². The molecule has 0 saturated carbocycles. The van der Waals surface area contributed by atoms with Gasteiger partial charge < -0.3 is 10.5 Å². The van der Waals surface area contributed by atoms with Gasteiger partial charge in [0.25, 0.3) is 0 Å². The average molecular weight is 290 g/mol. The molecule has 1 amide bonds. The van der Waals surface area contributed by atoms with Crippen molar-refractivity contribution in [3.63, 3.8) is 0 Å². The van der Waals surface area contributed by atoms with Gasteiger partial charge in [0.1, 0.15) is 5.75 Å². The fraction of sp³-hybridized carbons (Fsp3) is 0.500. The Morgan fingerprint density at radius 1 is 1.29 bits per heavy atom. The molecule has 5 heteroatoms. The van der Waals surface area contributed by atoms with Crippen LogP contribution in [-0.2, 0) is 4.79 Å². The minimum absolute atomic E-state index is 0.00574. The Bertz CT molecular complexity index is 499. The SMILES string of the molecule is CCOc1ccc(C(=O)CN2CCCCC2C(N)=O)cc1. The first-order chi connectivity index (χ1) is 10.1.